The van der Waals surface area contributed by atoms with E-state index < -0.39 is 11.5 Å². The van der Waals surface area contributed by atoms with Gasteiger partial charge in [-0.15, -0.1) is 0 Å². The van der Waals surface area contributed by atoms with Gasteiger partial charge in [-0.05, 0) is 26.0 Å². The molecule has 0 saturated carbocycles. The highest BCUT2D eigenvalue weighted by Crippen LogP contribution is 2.16. The number of nitrogens with zero attached hydrogens (tertiary/aromatic N) is 2. The van der Waals surface area contributed by atoms with Crippen molar-refractivity contribution in [2.24, 2.45) is 0 Å². The topological polar surface area (TPSA) is 83.3 Å². The Morgan fingerprint density at radius 2 is 1.54 bits per heavy atom. The van der Waals surface area contributed by atoms with Gasteiger partial charge in [0.25, 0.3) is 0 Å². The molecule has 0 aliphatic heterocycles. The Morgan fingerprint density at radius 3 is 2.19 bits per heavy atom. The van der Waals surface area contributed by atoms with Crippen molar-refractivity contribution in [1.29, 1.82) is 0 Å². The summed E-state index contributed by atoms with van der Waals surface area (Å²) >= 11 is 0. The van der Waals surface area contributed by atoms with E-state index >= 15 is 0 Å². The van der Waals surface area contributed by atoms with E-state index in [9.17, 15) is 15.0 Å². The fraction of sp³-hybridized carbons (Fsp3) is 0.0952. The molecule has 0 bridgehead atoms. The van der Waals surface area contributed by atoms with Crippen LogP contribution in [-0.2, 0) is 4.79 Å². The van der Waals surface area contributed by atoms with Gasteiger partial charge >= 0.3 is 0 Å². The third-order valence-electron chi connectivity index (χ3n) is 3.92. The zero-order valence-electron chi connectivity index (χ0n) is 14.5. The van der Waals surface area contributed by atoms with E-state index in [0.29, 0.717) is 22.5 Å². The minimum atomic E-state index is -0.711. The zero-order valence-corrected chi connectivity index (χ0v) is 14.5. The fourth-order valence-electron chi connectivity index (χ4n) is 2.44. The van der Waals surface area contributed by atoms with Crippen LogP contribution in [0.2, 0.25) is 0 Å². The van der Waals surface area contributed by atoms with Gasteiger partial charge in [0.2, 0.25) is 5.78 Å². The number of aliphatic hydroxyl groups is 2. The summed E-state index contributed by atoms with van der Waals surface area (Å²) in [6, 6.07) is 14.4. The van der Waals surface area contributed by atoms with Gasteiger partial charge in [0.15, 0.2) is 5.76 Å². The molecule has 0 unspecified atom stereocenters. The second kappa shape index (κ2) is 7.19. The van der Waals surface area contributed by atoms with Crippen molar-refractivity contribution in [2.75, 3.05) is 0 Å². The Balaban J connectivity index is 1.89. The van der Waals surface area contributed by atoms with Crippen LogP contribution in [0.15, 0.2) is 60.4 Å². The summed E-state index contributed by atoms with van der Waals surface area (Å²) in [6.07, 6.45) is 2.25. The van der Waals surface area contributed by atoms with Crippen molar-refractivity contribution in [3.8, 4) is 0 Å². The summed E-state index contributed by atoms with van der Waals surface area (Å²) in [5, 5.41) is 20.2. The van der Waals surface area contributed by atoms with Crippen LogP contribution >= 0.6 is 0 Å². The largest absolute Gasteiger partial charge is 0.507 e. The summed E-state index contributed by atoms with van der Waals surface area (Å²) < 4.78 is 0. The molecule has 0 fully saturated rings. The van der Waals surface area contributed by atoms with E-state index in [2.05, 4.69) is 9.97 Å². The van der Waals surface area contributed by atoms with Gasteiger partial charge in [-0.2, -0.15) is 0 Å². The maximum Gasteiger partial charge on any atom is 0.223 e. The summed E-state index contributed by atoms with van der Waals surface area (Å²) in [5.74, 6) is -1.44. The van der Waals surface area contributed by atoms with Crippen LogP contribution in [0, 0.1) is 13.8 Å². The second-order valence-electron chi connectivity index (χ2n) is 5.97. The minimum Gasteiger partial charge on any atom is -0.507 e. The zero-order chi connectivity index (χ0) is 18.7. The van der Waals surface area contributed by atoms with Crippen molar-refractivity contribution in [3.63, 3.8) is 0 Å². The van der Waals surface area contributed by atoms with E-state index in [0.717, 1.165) is 17.2 Å². The molecule has 1 heterocycles. The number of benzene rings is 2. The van der Waals surface area contributed by atoms with Crippen LogP contribution in [0.5, 0.6) is 0 Å². The number of carbonyl (C=O) groups is 1. The van der Waals surface area contributed by atoms with Crippen LogP contribution < -0.4 is 0 Å². The average Bonchev–Trinajstić information content (AvgIpc) is 2.62. The quantitative estimate of drug-likeness (QED) is 0.543. The van der Waals surface area contributed by atoms with E-state index in [1.54, 1.807) is 25.1 Å². The molecule has 0 spiro atoms. The van der Waals surface area contributed by atoms with E-state index in [1.165, 1.54) is 6.08 Å². The third-order valence-corrected chi connectivity index (χ3v) is 3.92. The molecule has 130 valence electrons. The maximum atomic E-state index is 12.2. The molecule has 0 aliphatic rings. The van der Waals surface area contributed by atoms with Crippen LogP contribution in [0.25, 0.3) is 22.9 Å². The van der Waals surface area contributed by atoms with E-state index in [4.69, 9.17) is 0 Å². The molecule has 5 nitrogen and oxygen atoms in total. The molecule has 3 aromatic rings. The first-order valence-corrected chi connectivity index (χ1v) is 8.10. The second-order valence-corrected chi connectivity index (χ2v) is 5.97. The third kappa shape index (κ3) is 3.78. The number of carbonyl (C=O) groups excluding carboxylic acids is 1. The van der Waals surface area contributed by atoms with Crippen molar-refractivity contribution >= 4 is 28.7 Å². The summed E-state index contributed by atoms with van der Waals surface area (Å²) in [7, 11) is 0. The summed E-state index contributed by atoms with van der Waals surface area (Å²) in [5.41, 5.74) is 3.94. The first-order chi connectivity index (χ1) is 12.4. The lowest BCUT2D eigenvalue weighted by Crippen LogP contribution is -2.01. The highest BCUT2D eigenvalue weighted by atomic mass is 16.3. The lowest BCUT2D eigenvalue weighted by atomic mass is 10.1. The lowest BCUT2D eigenvalue weighted by Gasteiger charge is -2.04. The summed E-state index contributed by atoms with van der Waals surface area (Å²) in [4.78, 5) is 21.0. The number of ketones is 1. The first kappa shape index (κ1) is 17.4. The molecule has 3 rings (SSSR count). The number of fused-ring (bicyclic) bond motifs is 1. The molecular formula is C21H18N2O3. The number of aromatic nitrogens is 2. The van der Waals surface area contributed by atoms with Gasteiger partial charge in [-0.25, -0.2) is 9.97 Å². The Hall–Kier alpha value is -3.47. The van der Waals surface area contributed by atoms with Crippen LogP contribution in [-0.4, -0.2) is 26.0 Å². The number of para-hydroxylation sites is 2. The Kier molecular flexibility index (Phi) is 4.80. The molecule has 5 heteroatoms. The monoisotopic (exact) mass is 346 g/mol. The van der Waals surface area contributed by atoms with Crippen molar-refractivity contribution in [3.05, 3.63) is 82.9 Å². The van der Waals surface area contributed by atoms with Crippen molar-refractivity contribution < 1.29 is 15.0 Å². The molecule has 26 heavy (non-hydrogen) atoms. The number of aliphatic hydroxyl groups excluding tert-OH is 2. The number of aryl methyl sites for hydroxylation is 2. The van der Waals surface area contributed by atoms with Crippen LogP contribution in [0.3, 0.4) is 0 Å². The van der Waals surface area contributed by atoms with Gasteiger partial charge in [0, 0.05) is 17.7 Å². The molecule has 0 aliphatic carbocycles. The van der Waals surface area contributed by atoms with E-state index in [-0.39, 0.29) is 5.76 Å². The van der Waals surface area contributed by atoms with Gasteiger partial charge in [0.1, 0.15) is 5.76 Å². The minimum absolute atomic E-state index is 0.212. The van der Waals surface area contributed by atoms with Gasteiger partial charge < -0.3 is 10.2 Å². The predicted molar refractivity (Wildman–Crippen MR) is 102 cm³/mol. The lowest BCUT2D eigenvalue weighted by molar-refractivity contribution is -0.113. The number of hydrogen-bond acceptors (Lipinski definition) is 5. The Labute approximate surface area is 151 Å². The normalized spacial score (nSPS) is 12.4. The van der Waals surface area contributed by atoms with Gasteiger partial charge in [-0.1, -0.05) is 42.0 Å². The van der Waals surface area contributed by atoms with Crippen LogP contribution in [0.4, 0.5) is 0 Å². The molecule has 0 amide bonds. The van der Waals surface area contributed by atoms with Crippen molar-refractivity contribution in [1.82, 2.24) is 9.97 Å². The molecule has 2 N–H and O–H groups in total. The fourth-order valence-corrected chi connectivity index (χ4v) is 2.44. The summed E-state index contributed by atoms with van der Waals surface area (Å²) in [6.45, 7) is 3.68. The molecule has 1 aromatic heterocycles. The highest BCUT2D eigenvalue weighted by molar-refractivity contribution is 6.08. The Morgan fingerprint density at radius 1 is 0.923 bits per heavy atom. The molecular weight excluding hydrogens is 328 g/mol. The standard InChI is InChI=1S/C21H18N2O3/c1-13-7-9-15(10-8-13)19(24)12-21(26)20(25)11-18-14(2)22-16-5-3-4-6-17(16)23-18/h3-12,24-25H,1-2H3/b19-12-,20-11-. The van der Waals surface area contributed by atoms with Crippen LogP contribution in [0.1, 0.15) is 22.5 Å². The number of rotatable bonds is 4. The number of hydrogen-bond donors (Lipinski definition) is 2. The smallest absolute Gasteiger partial charge is 0.223 e. The highest BCUT2D eigenvalue weighted by Gasteiger charge is 2.10. The Bertz CT molecular complexity index is 1030. The van der Waals surface area contributed by atoms with Crippen molar-refractivity contribution in [2.45, 2.75) is 13.8 Å². The SMILES string of the molecule is Cc1ccc(/C(O)=C/C(=O)/C(O)=C/c2nc3ccccc3nc2C)cc1. The molecule has 0 atom stereocenters. The maximum absolute atomic E-state index is 12.2. The van der Waals surface area contributed by atoms with E-state index in [1.807, 2.05) is 37.3 Å². The number of allylic oxidation sites excluding steroid dienone is 1. The first-order valence-electron chi connectivity index (χ1n) is 8.10. The van der Waals surface area contributed by atoms with Gasteiger partial charge in [0.05, 0.1) is 22.4 Å². The molecule has 2 aromatic carbocycles. The molecule has 0 saturated heterocycles. The average molecular weight is 346 g/mol. The predicted octanol–water partition coefficient (Wildman–Crippen LogP) is 4.31. The molecule has 0 radical (unpaired) electrons. The van der Waals surface area contributed by atoms with Gasteiger partial charge in [-0.3, -0.25) is 4.79 Å².